The molecule has 1 aliphatic carbocycles. The maximum absolute atomic E-state index is 5.14. The van der Waals surface area contributed by atoms with Gasteiger partial charge in [-0.1, -0.05) is 19.3 Å². The second-order valence-electron chi connectivity index (χ2n) is 5.55. The average Bonchev–Trinajstić information content (AvgIpc) is 2.72. The zero-order valence-corrected chi connectivity index (χ0v) is 12.5. The Bertz CT molecular complexity index is 376. The summed E-state index contributed by atoms with van der Waals surface area (Å²) in [5.41, 5.74) is 1.14. The summed E-state index contributed by atoms with van der Waals surface area (Å²) in [6, 6.07) is 0. The van der Waals surface area contributed by atoms with Crippen molar-refractivity contribution in [2.75, 3.05) is 20.3 Å². The van der Waals surface area contributed by atoms with Crippen molar-refractivity contribution in [1.82, 2.24) is 10.3 Å². The molecule has 0 saturated heterocycles. The van der Waals surface area contributed by atoms with Crippen LogP contribution in [0.15, 0.2) is 5.38 Å². The molecule has 1 aromatic heterocycles. The Morgan fingerprint density at radius 2 is 2.33 bits per heavy atom. The van der Waals surface area contributed by atoms with E-state index in [-0.39, 0.29) is 5.54 Å². The Hall–Kier alpha value is -0.450. The molecule has 1 aromatic rings. The van der Waals surface area contributed by atoms with Gasteiger partial charge in [-0.2, -0.15) is 0 Å². The van der Waals surface area contributed by atoms with Crippen molar-refractivity contribution in [3.63, 3.8) is 0 Å². The van der Waals surface area contributed by atoms with Crippen LogP contribution in [0.3, 0.4) is 0 Å². The third-order valence-corrected chi connectivity index (χ3v) is 5.06. The molecule has 1 atom stereocenters. The number of rotatable bonds is 7. The monoisotopic (exact) mass is 268 g/mol. The van der Waals surface area contributed by atoms with Crippen LogP contribution in [0, 0.1) is 12.8 Å². The van der Waals surface area contributed by atoms with E-state index in [0.29, 0.717) is 0 Å². The molecule has 0 spiro atoms. The van der Waals surface area contributed by atoms with Gasteiger partial charge < -0.3 is 10.1 Å². The van der Waals surface area contributed by atoms with Crippen molar-refractivity contribution < 1.29 is 4.74 Å². The van der Waals surface area contributed by atoms with Crippen LogP contribution in [0.1, 0.15) is 43.3 Å². The van der Waals surface area contributed by atoms with Crippen LogP contribution in [0.25, 0.3) is 0 Å². The summed E-state index contributed by atoms with van der Waals surface area (Å²) in [4.78, 5) is 4.69. The molecule has 1 unspecified atom stereocenters. The summed E-state index contributed by atoms with van der Waals surface area (Å²) in [6.07, 6.45) is 5.36. The SMILES string of the molecule is COCCNC(C)(CC1CCC1)c1nc(C)cs1. The molecule has 0 radical (unpaired) electrons. The van der Waals surface area contributed by atoms with Crippen LogP contribution in [0.2, 0.25) is 0 Å². The van der Waals surface area contributed by atoms with Gasteiger partial charge in [0.2, 0.25) is 0 Å². The minimum atomic E-state index is 0.0164. The average molecular weight is 268 g/mol. The first-order chi connectivity index (χ1) is 8.64. The highest BCUT2D eigenvalue weighted by Gasteiger charge is 2.34. The number of nitrogens with zero attached hydrogens (tertiary/aromatic N) is 1. The molecule has 1 fully saturated rings. The number of hydrogen-bond acceptors (Lipinski definition) is 4. The van der Waals surface area contributed by atoms with Crippen molar-refractivity contribution in [2.45, 2.75) is 45.1 Å². The third kappa shape index (κ3) is 3.31. The first-order valence-corrected chi connectivity index (χ1v) is 7.68. The lowest BCUT2D eigenvalue weighted by molar-refractivity contribution is 0.164. The van der Waals surface area contributed by atoms with Crippen LogP contribution in [0.4, 0.5) is 0 Å². The molecule has 1 saturated carbocycles. The van der Waals surface area contributed by atoms with Crippen molar-refractivity contribution in [1.29, 1.82) is 0 Å². The summed E-state index contributed by atoms with van der Waals surface area (Å²) in [5.74, 6) is 0.870. The molecule has 0 aromatic carbocycles. The molecule has 0 bridgehead atoms. The molecule has 1 N–H and O–H groups in total. The standard InChI is InChI=1S/C14H24N2OS/c1-11-10-18-13(16-11)14(2,15-7-8-17-3)9-12-5-4-6-12/h10,12,15H,4-9H2,1-3H3. The number of hydrogen-bond donors (Lipinski definition) is 1. The van der Waals surface area contributed by atoms with E-state index < -0.39 is 0 Å². The highest BCUT2D eigenvalue weighted by atomic mass is 32.1. The normalized spacial score (nSPS) is 19.5. The predicted molar refractivity (Wildman–Crippen MR) is 76.0 cm³/mol. The number of nitrogens with one attached hydrogen (secondary N) is 1. The summed E-state index contributed by atoms with van der Waals surface area (Å²) >= 11 is 1.78. The highest BCUT2D eigenvalue weighted by Crippen LogP contribution is 2.38. The van der Waals surface area contributed by atoms with Crippen molar-refractivity contribution in [3.05, 3.63) is 16.1 Å². The van der Waals surface area contributed by atoms with E-state index >= 15 is 0 Å². The number of thiazole rings is 1. The highest BCUT2D eigenvalue weighted by molar-refractivity contribution is 7.09. The molecule has 1 aliphatic rings. The fourth-order valence-electron chi connectivity index (χ4n) is 2.55. The molecular weight excluding hydrogens is 244 g/mol. The van der Waals surface area contributed by atoms with Gasteiger partial charge in [0.1, 0.15) is 5.01 Å². The predicted octanol–water partition coefficient (Wildman–Crippen LogP) is 3.09. The molecular formula is C14H24N2OS. The number of aryl methyl sites for hydroxylation is 1. The molecule has 0 aliphatic heterocycles. The summed E-state index contributed by atoms with van der Waals surface area (Å²) < 4.78 is 5.14. The lowest BCUT2D eigenvalue weighted by atomic mass is 9.76. The number of methoxy groups -OCH3 is 1. The van der Waals surface area contributed by atoms with E-state index in [1.807, 2.05) is 0 Å². The first kappa shape index (κ1) is 14.0. The fraction of sp³-hybridized carbons (Fsp3) is 0.786. The molecule has 4 heteroatoms. The lowest BCUT2D eigenvalue weighted by Gasteiger charge is -2.36. The summed E-state index contributed by atoms with van der Waals surface area (Å²) in [6.45, 7) is 6.00. The molecule has 102 valence electrons. The van der Waals surface area contributed by atoms with Gasteiger partial charge >= 0.3 is 0 Å². The van der Waals surface area contributed by atoms with Crippen LogP contribution >= 0.6 is 11.3 Å². The number of ether oxygens (including phenoxy) is 1. The first-order valence-electron chi connectivity index (χ1n) is 6.80. The van der Waals surface area contributed by atoms with Crippen molar-refractivity contribution >= 4 is 11.3 Å². The van der Waals surface area contributed by atoms with E-state index in [1.54, 1.807) is 18.4 Å². The quantitative estimate of drug-likeness (QED) is 0.772. The van der Waals surface area contributed by atoms with Gasteiger partial charge in [-0.15, -0.1) is 11.3 Å². The van der Waals surface area contributed by atoms with E-state index in [4.69, 9.17) is 4.74 Å². The maximum atomic E-state index is 5.14. The fourth-order valence-corrected chi connectivity index (χ4v) is 3.49. The minimum absolute atomic E-state index is 0.0164. The van der Waals surface area contributed by atoms with Gasteiger partial charge in [-0.3, -0.25) is 0 Å². The van der Waals surface area contributed by atoms with Gasteiger partial charge in [-0.05, 0) is 26.2 Å². The largest absolute Gasteiger partial charge is 0.383 e. The van der Waals surface area contributed by atoms with E-state index in [0.717, 1.165) is 24.8 Å². The molecule has 1 heterocycles. The van der Waals surface area contributed by atoms with E-state index in [9.17, 15) is 0 Å². The summed E-state index contributed by atoms with van der Waals surface area (Å²) in [5, 5.41) is 7.02. The Balaban J connectivity index is 2.04. The van der Waals surface area contributed by atoms with Crippen LogP contribution in [0.5, 0.6) is 0 Å². The Kier molecular flexibility index (Phi) is 4.76. The lowest BCUT2D eigenvalue weighted by Crippen LogP contribution is -2.43. The topological polar surface area (TPSA) is 34.1 Å². The van der Waals surface area contributed by atoms with Crippen molar-refractivity contribution in [2.24, 2.45) is 5.92 Å². The zero-order valence-electron chi connectivity index (χ0n) is 11.7. The maximum Gasteiger partial charge on any atom is 0.113 e. The third-order valence-electron chi connectivity index (χ3n) is 3.83. The number of aromatic nitrogens is 1. The Morgan fingerprint density at radius 3 is 2.83 bits per heavy atom. The van der Waals surface area contributed by atoms with Gasteiger partial charge in [0, 0.05) is 24.7 Å². The minimum Gasteiger partial charge on any atom is -0.383 e. The second-order valence-corrected chi connectivity index (χ2v) is 6.40. The molecule has 18 heavy (non-hydrogen) atoms. The Labute approximate surface area is 114 Å². The van der Waals surface area contributed by atoms with Crippen LogP contribution in [-0.4, -0.2) is 25.2 Å². The van der Waals surface area contributed by atoms with Gasteiger partial charge in [0.05, 0.1) is 12.1 Å². The van der Waals surface area contributed by atoms with Crippen LogP contribution < -0.4 is 5.32 Å². The van der Waals surface area contributed by atoms with E-state index in [2.05, 4.69) is 29.5 Å². The van der Waals surface area contributed by atoms with Gasteiger partial charge in [0.25, 0.3) is 0 Å². The van der Waals surface area contributed by atoms with E-state index in [1.165, 1.54) is 30.7 Å². The second kappa shape index (κ2) is 6.13. The molecule has 2 rings (SSSR count). The summed E-state index contributed by atoms with van der Waals surface area (Å²) in [7, 11) is 1.75. The van der Waals surface area contributed by atoms with Gasteiger partial charge in [0.15, 0.2) is 0 Å². The molecule has 3 nitrogen and oxygen atoms in total. The molecule has 0 amide bonds. The smallest absolute Gasteiger partial charge is 0.113 e. The zero-order chi connectivity index (χ0) is 13.0. The Morgan fingerprint density at radius 1 is 1.56 bits per heavy atom. The van der Waals surface area contributed by atoms with Crippen molar-refractivity contribution in [3.8, 4) is 0 Å². The van der Waals surface area contributed by atoms with Gasteiger partial charge in [-0.25, -0.2) is 4.98 Å². The van der Waals surface area contributed by atoms with Crippen LogP contribution in [-0.2, 0) is 10.3 Å².